The van der Waals surface area contributed by atoms with E-state index < -0.39 is 5.91 Å². The summed E-state index contributed by atoms with van der Waals surface area (Å²) < 4.78 is 0. The van der Waals surface area contributed by atoms with Crippen LogP contribution in [0.3, 0.4) is 0 Å². The minimum Gasteiger partial charge on any atom is -0.508 e. The summed E-state index contributed by atoms with van der Waals surface area (Å²) in [5.41, 5.74) is 7.38. The Kier molecular flexibility index (Phi) is 2.48. The van der Waals surface area contributed by atoms with Crippen LogP contribution < -0.4 is 5.73 Å². The van der Waals surface area contributed by atoms with Gasteiger partial charge in [-0.1, -0.05) is 12.1 Å². The topological polar surface area (TPSA) is 61.1 Å². The van der Waals surface area contributed by atoms with Crippen LogP contribution in [0.2, 0.25) is 0 Å². The number of aromatic hydroxyl groups is 1. The van der Waals surface area contributed by atoms with Crippen molar-refractivity contribution in [1.29, 1.82) is 0 Å². The fourth-order valence-corrected chi connectivity index (χ4v) is 0.757. The summed E-state index contributed by atoms with van der Waals surface area (Å²) in [6, 6.07) is 6.37. The average molecular weight is 162 g/mol. The Balaban J connectivity index is 2.77. The molecule has 1 rings (SSSR count). The number of carbonyl (C=O) groups excluding carboxylic acids is 1. The maximum absolute atomic E-state index is 10.2. The van der Waals surface area contributed by atoms with Gasteiger partial charge in [-0.05, 0) is 23.8 Å². The lowest BCUT2D eigenvalue weighted by atomic mass is 10.2. The first-order chi connectivity index (χ1) is 5.68. The van der Waals surface area contributed by atoms with Gasteiger partial charge < -0.3 is 5.11 Å². The van der Waals surface area contributed by atoms with E-state index in [0.717, 1.165) is 11.6 Å². The fraction of sp³-hybridized carbons (Fsp3) is 0. The first-order valence-corrected chi connectivity index (χ1v) is 3.41. The zero-order valence-corrected chi connectivity index (χ0v) is 6.32. The van der Waals surface area contributed by atoms with Crippen LogP contribution in [-0.4, -0.2) is 11.0 Å². The molecule has 1 aromatic carbocycles. The molecule has 0 aromatic heterocycles. The van der Waals surface area contributed by atoms with Crippen LogP contribution in [0.4, 0.5) is 0 Å². The Labute approximate surface area is 70.1 Å². The van der Waals surface area contributed by atoms with Gasteiger partial charge >= 0.3 is 0 Å². The predicted molar refractivity (Wildman–Crippen MR) is 45.2 cm³/mol. The number of benzene rings is 1. The maximum atomic E-state index is 10.2. The highest BCUT2D eigenvalue weighted by molar-refractivity contribution is 5.89. The molecule has 0 atom stereocenters. The standard InChI is InChI=1S/C9H8NO2/c10-9(12)6-3-7-1-4-8(11)5-2-7/h1-6,10-11H. The Morgan fingerprint density at radius 2 is 1.92 bits per heavy atom. The molecule has 0 aliphatic carbocycles. The summed E-state index contributed by atoms with van der Waals surface area (Å²) in [4.78, 5) is 10.2. The van der Waals surface area contributed by atoms with E-state index in [1.807, 2.05) is 0 Å². The van der Waals surface area contributed by atoms with Crippen LogP contribution in [0.1, 0.15) is 5.56 Å². The van der Waals surface area contributed by atoms with Gasteiger partial charge in [-0.2, -0.15) is 0 Å². The molecule has 0 saturated carbocycles. The number of phenolic OH excluding ortho intramolecular Hbond substituents is 1. The van der Waals surface area contributed by atoms with E-state index >= 15 is 0 Å². The van der Waals surface area contributed by atoms with Crippen molar-refractivity contribution < 1.29 is 9.90 Å². The third-order valence-electron chi connectivity index (χ3n) is 1.32. The summed E-state index contributed by atoms with van der Waals surface area (Å²) >= 11 is 0. The van der Waals surface area contributed by atoms with Crippen molar-refractivity contribution in [2.45, 2.75) is 0 Å². The first kappa shape index (κ1) is 8.33. The highest BCUT2D eigenvalue weighted by atomic mass is 16.3. The zero-order valence-electron chi connectivity index (χ0n) is 6.32. The molecule has 2 N–H and O–H groups in total. The molecule has 0 fully saturated rings. The third kappa shape index (κ3) is 2.46. The second kappa shape index (κ2) is 3.57. The molecule has 12 heavy (non-hydrogen) atoms. The third-order valence-corrected chi connectivity index (χ3v) is 1.32. The predicted octanol–water partition coefficient (Wildman–Crippen LogP) is 1.21. The van der Waals surface area contributed by atoms with E-state index in [-0.39, 0.29) is 5.75 Å². The van der Waals surface area contributed by atoms with Gasteiger partial charge in [-0.25, -0.2) is 0 Å². The summed E-state index contributed by atoms with van der Waals surface area (Å²) in [6.45, 7) is 0. The Hall–Kier alpha value is -1.77. The highest BCUT2D eigenvalue weighted by Crippen LogP contribution is 2.10. The molecule has 0 saturated heterocycles. The van der Waals surface area contributed by atoms with Crippen molar-refractivity contribution >= 4 is 12.0 Å². The van der Waals surface area contributed by atoms with Gasteiger partial charge in [-0.15, -0.1) is 0 Å². The molecule has 0 unspecified atom stereocenters. The maximum Gasteiger partial charge on any atom is 0.262 e. The van der Waals surface area contributed by atoms with Crippen molar-refractivity contribution in [2.24, 2.45) is 0 Å². The van der Waals surface area contributed by atoms with Crippen molar-refractivity contribution in [2.75, 3.05) is 0 Å². The number of phenols is 1. The normalized spacial score (nSPS) is 10.3. The molecule has 0 aliphatic rings. The van der Waals surface area contributed by atoms with E-state index in [4.69, 9.17) is 10.8 Å². The first-order valence-electron chi connectivity index (χ1n) is 3.41. The molecule has 0 spiro atoms. The van der Waals surface area contributed by atoms with Gasteiger partial charge in [0.15, 0.2) is 0 Å². The molecule has 1 amide bonds. The second-order valence-corrected chi connectivity index (χ2v) is 2.29. The lowest BCUT2D eigenvalue weighted by Crippen LogP contribution is -1.88. The van der Waals surface area contributed by atoms with E-state index in [2.05, 4.69) is 0 Å². The summed E-state index contributed by atoms with van der Waals surface area (Å²) in [5, 5.41) is 8.91. The molecule has 3 heteroatoms. The van der Waals surface area contributed by atoms with Crippen LogP contribution in [0.5, 0.6) is 5.75 Å². The summed E-state index contributed by atoms with van der Waals surface area (Å²) in [7, 11) is 0. The number of carbonyl (C=O) groups is 1. The molecular weight excluding hydrogens is 154 g/mol. The van der Waals surface area contributed by atoms with Gasteiger partial charge in [0.1, 0.15) is 5.75 Å². The quantitative estimate of drug-likeness (QED) is 0.664. The molecule has 1 aromatic rings. The number of hydrogen-bond acceptors (Lipinski definition) is 2. The lowest BCUT2D eigenvalue weighted by Gasteiger charge is -1.92. The monoisotopic (exact) mass is 162 g/mol. The van der Waals surface area contributed by atoms with Crippen LogP contribution >= 0.6 is 0 Å². The SMILES string of the molecule is [NH]C(=O)C=Cc1ccc(O)cc1. The van der Waals surface area contributed by atoms with Crippen LogP contribution in [0, 0.1) is 0 Å². The molecule has 1 radical (unpaired) electrons. The van der Waals surface area contributed by atoms with E-state index in [9.17, 15) is 4.79 Å². The van der Waals surface area contributed by atoms with Gasteiger partial charge in [0.25, 0.3) is 5.91 Å². The molecule has 0 aliphatic heterocycles. The number of nitrogens with one attached hydrogen (secondary N) is 1. The number of amides is 1. The van der Waals surface area contributed by atoms with E-state index in [1.54, 1.807) is 12.1 Å². The average Bonchev–Trinajstić information content (AvgIpc) is 2.03. The van der Waals surface area contributed by atoms with Crippen molar-refractivity contribution in [3.8, 4) is 5.75 Å². The van der Waals surface area contributed by atoms with E-state index in [1.165, 1.54) is 18.2 Å². The van der Waals surface area contributed by atoms with Crippen LogP contribution in [0.15, 0.2) is 30.3 Å². The van der Waals surface area contributed by atoms with Gasteiger partial charge in [0.05, 0.1) is 0 Å². The minimum absolute atomic E-state index is 0.185. The van der Waals surface area contributed by atoms with Gasteiger partial charge in [0, 0.05) is 6.08 Å². The molecule has 61 valence electrons. The zero-order chi connectivity index (χ0) is 8.97. The van der Waals surface area contributed by atoms with Gasteiger partial charge in [0.2, 0.25) is 0 Å². The van der Waals surface area contributed by atoms with Crippen LogP contribution in [0.25, 0.3) is 6.08 Å². The van der Waals surface area contributed by atoms with Crippen molar-refractivity contribution in [1.82, 2.24) is 5.73 Å². The lowest BCUT2D eigenvalue weighted by molar-refractivity contribution is -0.114. The largest absolute Gasteiger partial charge is 0.508 e. The Morgan fingerprint density at radius 1 is 1.33 bits per heavy atom. The summed E-state index contributed by atoms with van der Waals surface area (Å²) in [6.07, 6.45) is 2.68. The number of hydrogen-bond donors (Lipinski definition) is 1. The number of rotatable bonds is 2. The smallest absolute Gasteiger partial charge is 0.262 e. The highest BCUT2D eigenvalue weighted by Gasteiger charge is 1.88. The molecule has 0 bridgehead atoms. The molecule has 3 nitrogen and oxygen atoms in total. The second-order valence-electron chi connectivity index (χ2n) is 2.29. The van der Waals surface area contributed by atoms with E-state index in [0.29, 0.717) is 0 Å². The Bertz CT molecular complexity index is 301. The Morgan fingerprint density at radius 3 is 2.42 bits per heavy atom. The fourth-order valence-electron chi connectivity index (χ4n) is 0.757. The minimum atomic E-state index is -0.733. The van der Waals surface area contributed by atoms with Gasteiger partial charge in [-0.3, -0.25) is 10.5 Å². The van der Waals surface area contributed by atoms with Crippen LogP contribution in [-0.2, 0) is 4.79 Å². The summed E-state index contributed by atoms with van der Waals surface area (Å²) in [5.74, 6) is -0.549. The molecule has 0 heterocycles. The van der Waals surface area contributed by atoms with Crippen molar-refractivity contribution in [3.05, 3.63) is 35.9 Å². The molecular formula is C9H8NO2. The van der Waals surface area contributed by atoms with Crippen molar-refractivity contribution in [3.63, 3.8) is 0 Å².